The lowest BCUT2D eigenvalue weighted by atomic mass is 10.2. The van der Waals surface area contributed by atoms with Gasteiger partial charge in [0.15, 0.2) is 5.96 Å². The van der Waals surface area contributed by atoms with E-state index in [-0.39, 0.29) is 5.82 Å². The van der Waals surface area contributed by atoms with Crippen LogP contribution in [0.2, 0.25) is 0 Å². The first kappa shape index (κ1) is 18.9. The number of hydrogen-bond acceptors (Lipinski definition) is 2. The van der Waals surface area contributed by atoms with Crippen molar-refractivity contribution >= 4 is 17.0 Å². The summed E-state index contributed by atoms with van der Waals surface area (Å²) in [6.45, 7) is 6.78. The summed E-state index contributed by atoms with van der Waals surface area (Å²) in [5.41, 5.74) is 2.79. The van der Waals surface area contributed by atoms with Crippen molar-refractivity contribution in [3.63, 3.8) is 0 Å². The van der Waals surface area contributed by atoms with Crippen LogP contribution in [-0.4, -0.2) is 28.6 Å². The predicted molar refractivity (Wildman–Crippen MR) is 108 cm³/mol. The number of imidazole rings is 1. The van der Waals surface area contributed by atoms with Crippen molar-refractivity contribution in [1.29, 1.82) is 0 Å². The van der Waals surface area contributed by atoms with E-state index in [0.717, 1.165) is 42.9 Å². The van der Waals surface area contributed by atoms with Crippen LogP contribution in [0.5, 0.6) is 0 Å². The standard InChI is InChI=1S/C21H26FN5/c1-3-23-21(25-15-17-9-4-5-10-18(17)22)24-13-8-14-27-16(2)26-19-11-6-7-12-20(19)27/h4-7,9-12H,3,8,13-15H2,1-2H3,(H2,23,24,25). The molecule has 5 nitrogen and oxygen atoms in total. The van der Waals surface area contributed by atoms with E-state index < -0.39 is 0 Å². The normalized spacial score (nSPS) is 11.7. The largest absolute Gasteiger partial charge is 0.357 e. The monoisotopic (exact) mass is 367 g/mol. The molecule has 142 valence electrons. The molecule has 0 spiro atoms. The van der Waals surface area contributed by atoms with Crippen molar-refractivity contribution in [2.45, 2.75) is 33.4 Å². The maximum absolute atomic E-state index is 13.7. The molecular formula is C21H26FN5. The lowest BCUT2D eigenvalue weighted by Gasteiger charge is -2.12. The van der Waals surface area contributed by atoms with Crippen molar-refractivity contribution in [3.05, 3.63) is 65.7 Å². The van der Waals surface area contributed by atoms with Gasteiger partial charge in [-0.15, -0.1) is 0 Å². The van der Waals surface area contributed by atoms with E-state index in [0.29, 0.717) is 18.1 Å². The first-order chi connectivity index (χ1) is 13.2. The maximum atomic E-state index is 13.7. The van der Waals surface area contributed by atoms with Gasteiger partial charge in [-0.3, -0.25) is 0 Å². The summed E-state index contributed by atoms with van der Waals surface area (Å²) in [5, 5.41) is 6.53. The number of aliphatic imine (C=N–C) groups is 1. The Labute approximate surface area is 159 Å². The highest BCUT2D eigenvalue weighted by atomic mass is 19.1. The lowest BCUT2D eigenvalue weighted by molar-refractivity contribution is 0.609. The number of fused-ring (bicyclic) bond motifs is 1. The average Bonchev–Trinajstić information content (AvgIpc) is 2.99. The first-order valence-electron chi connectivity index (χ1n) is 9.36. The Kier molecular flexibility index (Phi) is 6.41. The number of aryl methyl sites for hydroxylation is 2. The molecule has 0 aliphatic rings. The van der Waals surface area contributed by atoms with Gasteiger partial charge in [0.05, 0.1) is 17.6 Å². The summed E-state index contributed by atoms with van der Waals surface area (Å²) in [6.07, 6.45) is 0.936. The van der Waals surface area contributed by atoms with Crippen molar-refractivity contribution in [2.75, 3.05) is 13.1 Å². The third-order valence-electron chi connectivity index (χ3n) is 4.41. The zero-order chi connectivity index (χ0) is 19.1. The number of rotatable bonds is 7. The molecule has 0 fully saturated rings. The minimum atomic E-state index is -0.223. The van der Waals surface area contributed by atoms with E-state index in [1.165, 1.54) is 6.07 Å². The minimum absolute atomic E-state index is 0.223. The van der Waals surface area contributed by atoms with E-state index >= 15 is 0 Å². The van der Waals surface area contributed by atoms with Gasteiger partial charge in [0.1, 0.15) is 11.6 Å². The molecule has 0 unspecified atom stereocenters. The van der Waals surface area contributed by atoms with Gasteiger partial charge in [0, 0.05) is 25.2 Å². The molecule has 2 aromatic carbocycles. The zero-order valence-electron chi connectivity index (χ0n) is 15.9. The smallest absolute Gasteiger partial charge is 0.191 e. The van der Waals surface area contributed by atoms with E-state index in [1.54, 1.807) is 12.1 Å². The van der Waals surface area contributed by atoms with Crippen LogP contribution in [0.4, 0.5) is 4.39 Å². The van der Waals surface area contributed by atoms with Gasteiger partial charge < -0.3 is 15.2 Å². The quantitative estimate of drug-likeness (QED) is 0.381. The molecule has 0 saturated carbocycles. The fourth-order valence-corrected chi connectivity index (χ4v) is 3.05. The van der Waals surface area contributed by atoms with Gasteiger partial charge in [-0.05, 0) is 38.5 Å². The Hall–Kier alpha value is -2.89. The summed E-state index contributed by atoms with van der Waals surface area (Å²) in [7, 11) is 0. The number of benzene rings is 2. The first-order valence-corrected chi connectivity index (χ1v) is 9.36. The second kappa shape index (κ2) is 9.16. The van der Waals surface area contributed by atoms with E-state index in [9.17, 15) is 4.39 Å². The summed E-state index contributed by atoms with van der Waals surface area (Å²) < 4.78 is 16.0. The number of nitrogens with zero attached hydrogens (tertiary/aromatic N) is 3. The highest BCUT2D eigenvalue weighted by Crippen LogP contribution is 2.15. The molecule has 3 rings (SSSR count). The van der Waals surface area contributed by atoms with E-state index in [4.69, 9.17) is 0 Å². The van der Waals surface area contributed by atoms with Gasteiger partial charge in [-0.25, -0.2) is 14.4 Å². The van der Waals surface area contributed by atoms with Crippen LogP contribution >= 0.6 is 0 Å². The Balaban J connectivity index is 1.56. The molecule has 2 N–H and O–H groups in total. The fourth-order valence-electron chi connectivity index (χ4n) is 3.05. The van der Waals surface area contributed by atoms with Gasteiger partial charge >= 0.3 is 0 Å². The second-order valence-electron chi connectivity index (χ2n) is 6.37. The number of para-hydroxylation sites is 2. The summed E-state index contributed by atoms with van der Waals surface area (Å²) in [5.74, 6) is 1.50. The molecule has 1 heterocycles. The van der Waals surface area contributed by atoms with Gasteiger partial charge in [-0.2, -0.15) is 0 Å². The maximum Gasteiger partial charge on any atom is 0.191 e. The Morgan fingerprint density at radius 1 is 1.11 bits per heavy atom. The van der Waals surface area contributed by atoms with Crippen molar-refractivity contribution in [1.82, 2.24) is 20.2 Å². The minimum Gasteiger partial charge on any atom is -0.357 e. The van der Waals surface area contributed by atoms with Gasteiger partial charge in [0.25, 0.3) is 0 Å². The summed E-state index contributed by atoms with van der Waals surface area (Å²) in [6, 6.07) is 14.9. The molecule has 0 radical (unpaired) electrons. The van der Waals surface area contributed by atoms with Crippen LogP contribution in [-0.2, 0) is 13.1 Å². The molecule has 1 aromatic heterocycles. The van der Waals surface area contributed by atoms with Crippen LogP contribution in [0.15, 0.2) is 53.5 Å². The number of halogens is 1. The van der Waals surface area contributed by atoms with Crippen LogP contribution in [0.25, 0.3) is 11.0 Å². The van der Waals surface area contributed by atoms with Gasteiger partial charge in [-0.1, -0.05) is 30.3 Å². The number of nitrogens with one attached hydrogen (secondary N) is 2. The van der Waals surface area contributed by atoms with E-state index in [2.05, 4.69) is 31.2 Å². The molecule has 0 bridgehead atoms. The molecule has 27 heavy (non-hydrogen) atoms. The molecule has 0 saturated heterocycles. The number of aromatic nitrogens is 2. The highest BCUT2D eigenvalue weighted by molar-refractivity contribution is 5.79. The van der Waals surface area contributed by atoms with Crippen LogP contribution < -0.4 is 10.6 Å². The molecule has 0 amide bonds. The van der Waals surface area contributed by atoms with Crippen molar-refractivity contribution in [3.8, 4) is 0 Å². The fraction of sp³-hybridized carbons (Fsp3) is 0.333. The van der Waals surface area contributed by atoms with Crippen molar-refractivity contribution in [2.24, 2.45) is 4.99 Å². The Morgan fingerprint density at radius 3 is 2.70 bits per heavy atom. The third-order valence-corrected chi connectivity index (χ3v) is 4.41. The third kappa shape index (κ3) is 4.84. The summed E-state index contributed by atoms with van der Waals surface area (Å²) >= 11 is 0. The SMILES string of the molecule is CCNC(=NCc1ccccc1F)NCCCn1c(C)nc2ccccc21. The highest BCUT2D eigenvalue weighted by Gasteiger charge is 2.06. The Bertz CT molecular complexity index is 916. The number of guanidine groups is 1. The van der Waals surface area contributed by atoms with Crippen LogP contribution in [0.3, 0.4) is 0 Å². The second-order valence-corrected chi connectivity index (χ2v) is 6.37. The predicted octanol–water partition coefficient (Wildman–Crippen LogP) is 3.63. The molecule has 0 atom stereocenters. The average molecular weight is 367 g/mol. The number of hydrogen-bond donors (Lipinski definition) is 2. The molecule has 6 heteroatoms. The molecule has 0 aliphatic carbocycles. The van der Waals surface area contributed by atoms with Crippen LogP contribution in [0.1, 0.15) is 24.7 Å². The van der Waals surface area contributed by atoms with Gasteiger partial charge in [0.2, 0.25) is 0 Å². The molecule has 3 aromatic rings. The van der Waals surface area contributed by atoms with Crippen LogP contribution in [0, 0.1) is 12.7 Å². The zero-order valence-corrected chi connectivity index (χ0v) is 15.9. The molecule has 0 aliphatic heterocycles. The summed E-state index contributed by atoms with van der Waals surface area (Å²) in [4.78, 5) is 9.08. The molecular weight excluding hydrogens is 341 g/mol. The van der Waals surface area contributed by atoms with E-state index in [1.807, 2.05) is 38.1 Å². The lowest BCUT2D eigenvalue weighted by Crippen LogP contribution is -2.38. The van der Waals surface area contributed by atoms with Crippen molar-refractivity contribution < 1.29 is 4.39 Å². The topological polar surface area (TPSA) is 54.2 Å². The Morgan fingerprint density at radius 2 is 1.89 bits per heavy atom.